The molecule has 0 saturated heterocycles. The van der Waals surface area contributed by atoms with Gasteiger partial charge in [0.1, 0.15) is 0 Å². The number of benzene rings is 1. The van der Waals surface area contributed by atoms with E-state index in [4.69, 9.17) is 5.11 Å². The molecule has 1 unspecified atom stereocenters. The molecule has 0 aliphatic heterocycles. The minimum absolute atomic E-state index is 0.0364. The highest BCUT2D eigenvalue weighted by molar-refractivity contribution is 6.06. The predicted molar refractivity (Wildman–Crippen MR) is 66.9 cm³/mol. The van der Waals surface area contributed by atoms with Crippen LogP contribution in [0.25, 0.3) is 10.9 Å². The molecule has 0 spiro atoms. The summed E-state index contributed by atoms with van der Waals surface area (Å²) in [5.74, 6) is -0.0725. The van der Waals surface area contributed by atoms with Gasteiger partial charge in [0.25, 0.3) is 5.91 Å². The first-order chi connectivity index (χ1) is 8.15. The molecule has 4 nitrogen and oxygen atoms in total. The maximum Gasteiger partial charge on any atom is 0.254 e. The van der Waals surface area contributed by atoms with Crippen molar-refractivity contribution in [2.24, 2.45) is 0 Å². The maximum absolute atomic E-state index is 12.3. The number of H-pyrrole nitrogens is 1. The van der Waals surface area contributed by atoms with Crippen LogP contribution in [0.3, 0.4) is 0 Å². The minimum atomic E-state index is -0.184. The third kappa shape index (κ3) is 2.03. The smallest absolute Gasteiger partial charge is 0.254 e. The Bertz CT molecular complexity index is 533. The van der Waals surface area contributed by atoms with Crippen molar-refractivity contribution in [1.82, 2.24) is 9.88 Å². The molecule has 4 heteroatoms. The van der Waals surface area contributed by atoms with Gasteiger partial charge in [0.15, 0.2) is 0 Å². The van der Waals surface area contributed by atoms with Gasteiger partial charge in [-0.25, -0.2) is 0 Å². The Morgan fingerprint density at radius 2 is 2.24 bits per heavy atom. The molecule has 0 fully saturated rings. The van der Waals surface area contributed by atoms with Crippen LogP contribution in [0.4, 0.5) is 0 Å². The maximum atomic E-state index is 12.3. The first kappa shape index (κ1) is 11.7. The molecule has 17 heavy (non-hydrogen) atoms. The first-order valence-electron chi connectivity index (χ1n) is 5.59. The number of hydrogen-bond donors (Lipinski definition) is 2. The van der Waals surface area contributed by atoms with Gasteiger partial charge in [0.2, 0.25) is 0 Å². The molecular formula is C13H16N2O2. The van der Waals surface area contributed by atoms with Crippen molar-refractivity contribution >= 4 is 16.8 Å². The molecule has 1 heterocycles. The number of carbonyl (C=O) groups excluding carboxylic acids is 1. The van der Waals surface area contributed by atoms with Crippen molar-refractivity contribution in [3.63, 3.8) is 0 Å². The van der Waals surface area contributed by atoms with E-state index in [2.05, 4.69) is 4.98 Å². The van der Waals surface area contributed by atoms with Crippen molar-refractivity contribution in [2.45, 2.75) is 13.0 Å². The molecule has 0 aliphatic carbocycles. The Morgan fingerprint density at radius 1 is 1.47 bits per heavy atom. The average Bonchev–Trinajstić information content (AvgIpc) is 2.83. The zero-order valence-corrected chi connectivity index (χ0v) is 9.97. The second-order valence-electron chi connectivity index (χ2n) is 4.19. The second-order valence-corrected chi connectivity index (χ2v) is 4.19. The largest absolute Gasteiger partial charge is 0.394 e. The molecule has 0 aliphatic rings. The number of aliphatic hydroxyl groups is 1. The highest BCUT2D eigenvalue weighted by Crippen LogP contribution is 2.19. The lowest BCUT2D eigenvalue weighted by molar-refractivity contribution is 0.0684. The zero-order valence-electron chi connectivity index (χ0n) is 9.97. The lowest BCUT2D eigenvalue weighted by atomic mass is 10.1. The van der Waals surface area contributed by atoms with Gasteiger partial charge >= 0.3 is 0 Å². The Morgan fingerprint density at radius 3 is 2.94 bits per heavy atom. The van der Waals surface area contributed by atoms with E-state index in [0.717, 1.165) is 10.9 Å². The number of rotatable bonds is 3. The SMILES string of the molecule is CC(CO)N(C)C(=O)c1cccc2[nH]ccc12. The topological polar surface area (TPSA) is 56.3 Å². The molecule has 0 saturated carbocycles. The van der Waals surface area contributed by atoms with E-state index in [-0.39, 0.29) is 18.6 Å². The number of amides is 1. The van der Waals surface area contributed by atoms with Gasteiger partial charge in [-0.15, -0.1) is 0 Å². The number of likely N-dealkylation sites (N-methyl/N-ethyl adjacent to an activating group) is 1. The molecule has 1 amide bonds. The van der Waals surface area contributed by atoms with E-state index in [1.165, 1.54) is 0 Å². The van der Waals surface area contributed by atoms with Crippen molar-refractivity contribution < 1.29 is 9.90 Å². The number of aliphatic hydroxyl groups excluding tert-OH is 1. The van der Waals surface area contributed by atoms with E-state index in [0.29, 0.717) is 5.56 Å². The Labute approximate surface area is 99.9 Å². The molecule has 2 N–H and O–H groups in total. The molecule has 2 rings (SSSR count). The van der Waals surface area contributed by atoms with Gasteiger partial charge in [-0.2, -0.15) is 0 Å². The standard InChI is InChI=1S/C13H16N2O2/c1-9(8-16)15(2)13(17)11-4-3-5-12-10(11)6-7-14-12/h3-7,9,14,16H,8H2,1-2H3. The third-order valence-electron chi connectivity index (χ3n) is 3.07. The summed E-state index contributed by atoms with van der Waals surface area (Å²) in [6.45, 7) is 1.78. The fourth-order valence-electron chi connectivity index (χ4n) is 1.78. The van der Waals surface area contributed by atoms with Gasteiger partial charge in [0, 0.05) is 29.7 Å². The number of nitrogens with one attached hydrogen (secondary N) is 1. The highest BCUT2D eigenvalue weighted by Gasteiger charge is 2.18. The van der Waals surface area contributed by atoms with Gasteiger partial charge in [0.05, 0.1) is 12.6 Å². The summed E-state index contributed by atoms with van der Waals surface area (Å²) in [6, 6.07) is 7.29. The van der Waals surface area contributed by atoms with Crippen molar-refractivity contribution in [1.29, 1.82) is 0 Å². The number of fused-ring (bicyclic) bond motifs is 1. The second kappa shape index (κ2) is 4.59. The fraction of sp³-hybridized carbons (Fsp3) is 0.308. The molecule has 0 bridgehead atoms. The summed E-state index contributed by atoms with van der Waals surface area (Å²) in [5, 5.41) is 9.99. The zero-order chi connectivity index (χ0) is 12.4. The lowest BCUT2D eigenvalue weighted by Crippen LogP contribution is -2.37. The highest BCUT2D eigenvalue weighted by atomic mass is 16.3. The van der Waals surface area contributed by atoms with E-state index < -0.39 is 0 Å². The molecular weight excluding hydrogens is 216 g/mol. The first-order valence-corrected chi connectivity index (χ1v) is 5.59. The Balaban J connectivity index is 2.39. The third-order valence-corrected chi connectivity index (χ3v) is 3.07. The van der Waals surface area contributed by atoms with Crippen LogP contribution in [0.5, 0.6) is 0 Å². The van der Waals surface area contributed by atoms with Crippen LogP contribution in [0.2, 0.25) is 0 Å². The van der Waals surface area contributed by atoms with E-state index in [1.807, 2.05) is 31.3 Å². The van der Waals surface area contributed by atoms with Gasteiger partial charge in [-0.3, -0.25) is 4.79 Å². The predicted octanol–water partition coefficient (Wildman–Crippen LogP) is 1.62. The molecule has 1 aromatic heterocycles. The number of hydrogen-bond acceptors (Lipinski definition) is 2. The van der Waals surface area contributed by atoms with Crippen molar-refractivity contribution in [2.75, 3.05) is 13.7 Å². The fourth-order valence-corrected chi connectivity index (χ4v) is 1.78. The van der Waals surface area contributed by atoms with Crippen LogP contribution in [0, 0.1) is 0 Å². The molecule has 2 aromatic rings. The summed E-state index contributed by atoms with van der Waals surface area (Å²) < 4.78 is 0. The van der Waals surface area contributed by atoms with E-state index in [1.54, 1.807) is 18.0 Å². The van der Waals surface area contributed by atoms with Crippen LogP contribution in [0.15, 0.2) is 30.5 Å². The summed E-state index contributed by atoms with van der Waals surface area (Å²) in [6.07, 6.45) is 1.82. The number of aromatic nitrogens is 1. The quantitative estimate of drug-likeness (QED) is 0.845. The summed E-state index contributed by atoms with van der Waals surface area (Å²) in [5.41, 5.74) is 1.60. The number of carbonyl (C=O) groups is 1. The number of aromatic amines is 1. The average molecular weight is 232 g/mol. The van der Waals surface area contributed by atoms with Crippen LogP contribution in [0.1, 0.15) is 17.3 Å². The summed E-state index contributed by atoms with van der Waals surface area (Å²) in [7, 11) is 1.70. The van der Waals surface area contributed by atoms with Gasteiger partial charge in [-0.05, 0) is 25.1 Å². The summed E-state index contributed by atoms with van der Waals surface area (Å²) >= 11 is 0. The van der Waals surface area contributed by atoms with Crippen LogP contribution in [-0.4, -0.2) is 40.6 Å². The Kier molecular flexibility index (Phi) is 3.15. The monoisotopic (exact) mass is 232 g/mol. The van der Waals surface area contributed by atoms with Crippen LogP contribution in [-0.2, 0) is 0 Å². The molecule has 90 valence electrons. The Hall–Kier alpha value is -1.81. The van der Waals surface area contributed by atoms with Crippen molar-refractivity contribution in [3.8, 4) is 0 Å². The van der Waals surface area contributed by atoms with E-state index in [9.17, 15) is 4.79 Å². The minimum Gasteiger partial charge on any atom is -0.394 e. The molecule has 0 radical (unpaired) electrons. The normalized spacial score (nSPS) is 12.6. The van der Waals surface area contributed by atoms with Crippen molar-refractivity contribution in [3.05, 3.63) is 36.0 Å². The van der Waals surface area contributed by atoms with Crippen LogP contribution >= 0.6 is 0 Å². The number of nitrogens with zero attached hydrogens (tertiary/aromatic N) is 1. The molecule has 1 atom stereocenters. The van der Waals surface area contributed by atoms with Crippen LogP contribution < -0.4 is 0 Å². The van der Waals surface area contributed by atoms with Gasteiger partial charge in [-0.1, -0.05) is 6.07 Å². The van der Waals surface area contributed by atoms with Gasteiger partial charge < -0.3 is 15.0 Å². The molecule has 1 aromatic carbocycles. The van der Waals surface area contributed by atoms with E-state index >= 15 is 0 Å². The summed E-state index contributed by atoms with van der Waals surface area (Å²) in [4.78, 5) is 16.9. The lowest BCUT2D eigenvalue weighted by Gasteiger charge is -2.23.